The number of halogens is 1. The third-order valence-electron chi connectivity index (χ3n) is 5.81. The van der Waals surface area contributed by atoms with Gasteiger partial charge in [-0.1, -0.05) is 65.3 Å². The minimum Gasteiger partial charge on any atom is -0.350 e. The van der Waals surface area contributed by atoms with Gasteiger partial charge in [0.15, 0.2) is 0 Å². The first-order chi connectivity index (χ1) is 18.7. The summed E-state index contributed by atoms with van der Waals surface area (Å²) < 4.78 is 28.3. The Balaban J connectivity index is 1.46. The van der Waals surface area contributed by atoms with Crippen LogP contribution in [0.1, 0.15) is 5.56 Å². The van der Waals surface area contributed by atoms with Crippen molar-refractivity contribution in [1.82, 2.24) is 0 Å². The van der Waals surface area contributed by atoms with E-state index in [1.807, 2.05) is 31.2 Å². The minimum atomic E-state index is -3.87. The second-order valence-electron chi connectivity index (χ2n) is 8.67. The Morgan fingerprint density at radius 3 is 2.15 bits per heavy atom. The van der Waals surface area contributed by atoms with E-state index in [0.29, 0.717) is 27.0 Å². The topological polar surface area (TPSA) is 95.6 Å². The number of amides is 2. The summed E-state index contributed by atoms with van der Waals surface area (Å²) in [6.45, 7) is 1.96. The molecule has 10 heteroatoms. The molecule has 196 valence electrons. The molecule has 5 rings (SSSR count). The van der Waals surface area contributed by atoms with Crippen molar-refractivity contribution < 1.29 is 18.0 Å². The molecule has 4 aromatic carbocycles. The Morgan fingerprint density at radius 2 is 1.46 bits per heavy atom. The molecule has 1 aliphatic rings. The van der Waals surface area contributed by atoms with Crippen molar-refractivity contribution in [3.05, 3.63) is 124 Å². The summed E-state index contributed by atoms with van der Waals surface area (Å²) in [5.41, 5.74) is 2.62. The molecule has 0 saturated carbocycles. The number of para-hydroxylation sites is 1. The van der Waals surface area contributed by atoms with E-state index in [1.54, 1.807) is 54.6 Å². The number of sulfonamides is 1. The molecule has 4 aromatic rings. The molecule has 0 aromatic heterocycles. The number of carbonyl (C=O) groups excluding carboxylic acids is 2. The minimum absolute atomic E-state index is 0.0623. The molecule has 0 bridgehead atoms. The summed E-state index contributed by atoms with van der Waals surface area (Å²) in [7, 11) is -3.87. The number of hydrogen-bond acceptors (Lipinski definition) is 6. The first-order valence-corrected chi connectivity index (χ1v) is 14.5. The van der Waals surface area contributed by atoms with E-state index in [2.05, 4.69) is 10.0 Å². The van der Waals surface area contributed by atoms with E-state index in [1.165, 1.54) is 24.3 Å². The van der Waals surface area contributed by atoms with E-state index in [9.17, 15) is 18.0 Å². The average molecular weight is 576 g/mol. The van der Waals surface area contributed by atoms with Gasteiger partial charge in [0.2, 0.25) is 0 Å². The summed E-state index contributed by atoms with van der Waals surface area (Å²) >= 11 is 6.97. The first kappa shape index (κ1) is 26.6. The second kappa shape index (κ2) is 11.0. The van der Waals surface area contributed by atoms with E-state index in [0.717, 1.165) is 22.2 Å². The smallest absolute Gasteiger partial charge is 0.283 e. The molecule has 2 N–H and O–H groups in total. The quantitative estimate of drug-likeness (QED) is 0.235. The predicted molar refractivity (Wildman–Crippen MR) is 155 cm³/mol. The summed E-state index contributed by atoms with van der Waals surface area (Å²) in [5, 5.41) is 3.55. The SMILES string of the molecule is Cc1ccc(NC2=C(Sc3cccc(NS(=O)(=O)c4ccc(Cl)cc4)c3)C(=O)N(c3ccccc3)C2=O)cc1. The first-order valence-electron chi connectivity index (χ1n) is 11.8. The molecule has 0 fully saturated rings. The number of rotatable bonds is 8. The lowest BCUT2D eigenvalue weighted by atomic mass is 10.2. The Bertz CT molecular complexity index is 1690. The van der Waals surface area contributed by atoms with Gasteiger partial charge in [-0.05, 0) is 73.7 Å². The van der Waals surface area contributed by atoms with Crippen LogP contribution in [-0.2, 0) is 19.6 Å². The number of aryl methyl sites for hydroxylation is 1. The van der Waals surface area contributed by atoms with Gasteiger partial charge in [0.25, 0.3) is 21.8 Å². The standard InChI is InChI=1S/C29H22ClN3O4S2/c1-19-10-14-21(15-11-19)31-26-27(29(35)33(28(26)34)23-7-3-2-4-8-23)38-24-9-5-6-22(18-24)32-39(36,37)25-16-12-20(30)13-17-25/h2-18,31-32H,1H3. The van der Waals surface area contributed by atoms with Crippen molar-refractivity contribution in [2.75, 3.05) is 14.9 Å². The molecular weight excluding hydrogens is 554 g/mol. The third-order valence-corrected chi connectivity index (χ3v) is 8.53. The molecule has 0 atom stereocenters. The number of anilines is 3. The highest BCUT2D eigenvalue weighted by Crippen LogP contribution is 2.38. The highest BCUT2D eigenvalue weighted by Gasteiger charge is 2.40. The van der Waals surface area contributed by atoms with Gasteiger partial charge in [0.1, 0.15) is 10.6 Å². The van der Waals surface area contributed by atoms with Crippen molar-refractivity contribution in [2.24, 2.45) is 0 Å². The van der Waals surface area contributed by atoms with Crippen molar-refractivity contribution in [1.29, 1.82) is 0 Å². The number of nitrogens with one attached hydrogen (secondary N) is 2. The van der Waals surface area contributed by atoms with Crippen molar-refractivity contribution in [2.45, 2.75) is 16.7 Å². The van der Waals surface area contributed by atoms with Crippen LogP contribution in [0.25, 0.3) is 0 Å². The van der Waals surface area contributed by atoms with Gasteiger partial charge in [-0.3, -0.25) is 14.3 Å². The zero-order valence-electron chi connectivity index (χ0n) is 20.6. The molecule has 0 unspecified atom stereocenters. The van der Waals surface area contributed by atoms with Crippen LogP contribution < -0.4 is 14.9 Å². The van der Waals surface area contributed by atoms with Crippen LogP contribution in [0, 0.1) is 6.92 Å². The monoisotopic (exact) mass is 575 g/mol. The van der Waals surface area contributed by atoms with E-state index >= 15 is 0 Å². The van der Waals surface area contributed by atoms with Crippen LogP contribution in [0.2, 0.25) is 5.02 Å². The number of thioether (sulfide) groups is 1. The second-order valence-corrected chi connectivity index (χ2v) is 11.9. The zero-order valence-corrected chi connectivity index (χ0v) is 23.0. The van der Waals surface area contributed by atoms with Crippen molar-refractivity contribution in [3.63, 3.8) is 0 Å². The maximum atomic E-state index is 13.6. The lowest BCUT2D eigenvalue weighted by Gasteiger charge is -2.15. The highest BCUT2D eigenvalue weighted by atomic mass is 35.5. The van der Waals surface area contributed by atoms with Crippen LogP contribution in [0.4, 0.5) is 17.1 Å². The summed E-state index contributed by atoms with van der Waals surface area (Å²) in [6, 6.07) is 28.6. The molecule has 0 saturated heterocycles. The Kier molecular flexibility index (Phi) is 7.47. The Labute approximate surface area is 235 Å². The summed E-state index contributed by atoms with van der Waals surface area (Å²) in [6.07, 6.45) is 0. The van der Waals surface area contributed by atoms with Crippen LogP contribution in [0.15, 0.2) is 124 Å². The number of carbonyl (C=O) groups is 2. The maximum absolute atomic E-state index is 13.6. The van der Waals surface area contributed by atoms with Crippen LogP contribution >= 0.6 is 23.4 Å². The largest absolute Gasteiger partial charge is 0.350 e. The third kappa shape index (κ3) is 5.85. The number of imide groups is 1. The van der Waals surface area contributed by atoms with Gasteiger partial charge < -0.3 is 5.32 Å². The fourth-order valence-electron chi connectivity index (χ4n) is 3.88. The fraction of sp³-hybridized carbons (Fsp3) is 0.0345. The van der Waals surface area contributed by atoms with Crippen molar-refractivity contribution >= 4 is 62.3 Å². The zero-order chi connectivity index (χ0) is 27.6. The molecule has 39 heavy (non-hydrogen) atoms. The normalized spacial score (nSPS) is 13.6. The van der Waals surface area contributed by atoms with Crippen LogP contribution in [-0.4, -0.2) is 20.2 Å². The molecule has 0 aliphatic carbocycles. The van der Waals surface area contributed by atoms with Crippen LogP contribution in [0.5, 0.6) is 0 Å². The molecule has 0 radical (unpaired) electrons. The van der Waals surface area contributed by atoms with Gasteiger partial charge in [0.05, 0.1) is 10.6 Å². The van der Waals surface area contributed by atoms with Gasteiger partial charge in [-0.15, -0.1) is 0 Å². The molecular formula is C29H22ClN3O4S2. The van der Waals surface area contributed by atoms with Gasteiger partial charge >= 0.3 is 0 Å². The van der Waals surface area contributed by atoms with Gasteiger partial charge in [0, 0.05) is 21.3 Å². The van der Waals surface area contributed by atoms with Gasteiger partial charge in [-0.2, -0.15) is 0 Å². The number of benzene rings is 4. The molecule has 2 amide bonds. The average Bonchev–Trinajstić information content (AvgIpc) is 3.14. The maximum Gasteiger partial charge on any atom is 0.283 e. The van der Waals surface area contributed by atoms with E-state index in [-0.39, 0.29) is 15.5 Å². The molecule has 1 aliphatic heterocycles. The number of nitrogens with zero attached hydrogens (tertiary/aromatic N) is 1. The molecule has 0 spiro atoms. The fourth-order valence-corrected chi connectivity index (χ4v) is 6.04. The highest BCUT2D eigenvalue weighted by molar-refractivity contribution is 8.04. The van der Waals surface area contributed by atoms with Gasteiger partial charge in [-0.25, -0.2) is 13.3 Å². The lowest BCUT2D eigenvalue weighted by Crippen LogP contribution is -2.32. The summed E-state index contributed by atoms with van der Waals surface area (Å²) in [5.74, 6) is -0.952. The van der Waals surface area contributed by atoms with E-state index < -0.39 is 21.8 Å². The molecule has 1 heterocycles. The summed E-state index contributed by atoms with van der Waals surface area (Å²) in [4.78, 5) is 29.0. The lowest BCUT2D eigenvalue weighted by molar-refractivity contribution is -0.120. The van der Waals surface area contributed by atoms with Crippen molar-refractivity contribution in [3.8, 4) is 0 Å². The number of hydrogen-bond donors (Lipinski definition) is 2. The predicted octanol–water partition coefficient (Wildman–Crippen LogP) is 6.44. The van der Waals surface area contributed by atoms with E-state index in [4.69, 9.17) is 11.6 Å². The van der Waals surface area contributed by atoms with Crippen LogP contribution in [0.3, 0.4) is 0 Å². The Morgan fingerprint density at radius 1 is 0.769 bits per heavy atom. The Hall–Kier alpha value is -4.05. The molecule has 7 nitrogen and oxygen atoms in total.